The quantitative estimate of drug-likeness (QED) is 0.857. The van der Waals surface area contributed by atoms with Gasteiger partial charge in [-0.2, -0.15) is 10.5 Å². The molecule has 0 amide bonds. The molecule has 0 fully saturated rings. The molecule has 0 bridgehead atoms. The SMILES string of the molecule is N#Cc1ccc(COc2ccc(Br)cc2C#N)c(F)c1. The van der Waals surface area contributed by atoms with E-state index in [2.05, 4.69) is 15.9 Å². The van der Waals surface area contributed by atoms with Gasteiger partial charge in [-0.05, 0) is 30.3 Å². The van der Waals surface area contributed by atoms with E-state index < -0.39 is 5.82 Å². The van der Waals surface area contributed by atoms with Crippen molar-refractivity contribution in [2.75, 3.05) is 0 Å². The maximum atomic E-state index is 13.7. The lowest BCUT2D eigenvalue weighted by Crippen LogP contribution is -2.00. The Morgan fingerprint density at radius 2 is 1.90 bits per heavy atom. The van der Waals surface area contributed by atoms with E-state index in [9.17, 15) is 4.39 Å². The van der Waals surface area contributed by atoms with E-state index in [0.29, 0.717) is 16.9 Å². The Labute approximate surface area is 124 Å². The largest absolute Gasteiger partial charge is 0.487 e. The molecule has 2 aromatic rings. The summed E-state index contributed by atoms with van der Waals surface area (Å²) in [5, 5.41) is 17.7. The van der Waals surface area contributed by atoms with Crippen LogP contribution in [0.15, 0.2) is 40.9 Å². The summed E-state index contributed by atoms with van der Waals surface area (Å²) >= 11 is 3.26. The Kier molecular flexibility index (Phi) is 4.34. The molecule has 5 heteroatoms. The van der Waals surface area contributed by atoms with E-state index in [1.807, 2.05) is 12.1 Å². The van der Waals surface area contributed by atoms with Crippen molar-refractivity contribution in [3.05, 3.63) is 63.4 Å². The fraction of sp³-hybridized carbons (Fsp3) is 0.0667. The summed E-state index contributed by atoms with van der Waals surface area (Å²) in [6, 6.07) is 13.1. The third-order valence-corrected chi connectivity index (χ3v) is 3.12. The van der Waals surface area contributed by atoms with Gasteiger partial charge in [-0.1, -0.05) is 22.0 Å². The van der Waals surface area contributed by atoms with Crippen LogP contribution in [0, 0.1) is 28.5 Å². The molecular weight excluding hydrogens is 323 g/mol. The fourth-order valence-corrected chi connectivity index (χ4v) is 1.97. The van der Waals surface area contributed by atoms with Crippen molar-refractivity contribution in [1.29, 1.82) is 10.5 Å². The molecule has 0 N–H and O–H groups in total. The number of nitrogens with zero attached hydrogens (tertiary/aromatic N) is 2. The zero-order valence-corrected chi connectivity index (χ0v) is 11.8. The van der Waals surface area contributed by atoms with Crippen molar-refractivity contribution in [2.24, 2.45) is 0 Å². The number of hydrogen-bond acceptors (Lipinski definition) is 3. The molecule has 3 nitrogen and oxygen atoms in total. The molecular formula is C15H8BrFN2O. The Hall–Kier alpha value is -2.37. The summed E-state index contributed by atoms with van der Waals surface area (Å²) < 4.78 is 19.9. The second-order valence-corrected chi connectivity index (χ2v) is 4.87. The molecule has 0 aliphatic carbocycles. The average Bonchev–Trinajstić information content (AvgIpc) is 2.46. The summed E-state index contributed by atoms with van der Waals surface area (Å²) in [6.45, 7) is -0.00610. The van der Waals surface area contributed by atoms with Gasteiger partial charge in [0.2, 0.25) is 0 Å². The Bertz CT molecular complexity index is 732. The normalized spacial score (nSPS) is 9.60. The zero-order chi connectivity index (χ0) is 14.5. The maximum Gasteiger partial charge on any atom is 0.137 e. The summed E-state index contributed by atoms with van der Waals surface area (Å²) in [5.74, 6) is -0.112. The Morgan fingerprint density at radius 3 is 2.55 bits per heavy atom. The van der Waals surface area contributed by atoms with Gasteiger partial charge < -0.3 is 4.74 Å². The molecule has 98 valence electrons. The molecule has 0 aliphatic heterocycles. The van der Waals surface area contributed by atoms with Crippen molar-refractivity contribution in [1.82, 2.24) is 0 Å². The van der Waals surface area contributed by atoms with Gasteiger partial charge in [-0.3, -0.25) is 0 Å². The molecule has 0 saturated heterocycles. The van der Waals surface area contributed by atoms with Gasteiger partial charge in [0.05, 0.1) is 17.2 Å². The molecule has 20 heavy (non-hydrogen) atoms. The predicted octanol–water partition coefficient (Wildman–Crippen LogP) is 3.91. The molecule has 0 aromatic heterocycles. The van der Waals surface area contributed by atoms with Crippen LogP contribution in [0.5, 0.6) is 5.75 Å². The second kappa shape index (κ2) is 6.18. The summed E-state index contributed by atoms with van der Waals surface area (Å²) in [7, 11) is 0. The van der Waals surface area contributed by atoms with Gasteiger partial charge in [0.25, 0.3) is 0 Å². The minimum absolute atomic E-state index is 0.00610. The third-order valence-electron chi connectivity index (χ3n) is 2.63. The van der Waals surface area contributed by atoms with Crippen LogP contribution >= 0.6 is 15.9 Å². The number of benzene rings is 2. The van der Waals surface area contributed by atoms with Crippen molar-refractivity contribution >= 4 is 15.9 Å². The zero-order valence-electron chi connectivity index (χ0n) is 10.2. The van der Waals surface area contributed by atoms with E-state index in [1.54, 1.807) is 18.2 Å². The Balaban J connectivity index is 2.18. The van der Waals surface area contributed by atoms with Crippen LogP contribution in [0.2, 0.25) is 0 Å². The highest BCUT2D eigenvalue weighted by atomic mass is 79.9. The van der Waals surface area contributed by atoms with Gasteiger partial charge >= 0.3 is 0 Å². The van der Waals surface area contributed by atoms with Crippen LogP contribution in [0.1, 0.15) is 16.7 Å². The van der Waals surface area contributed by atoms with Crippen LogP contribution in [0.4, 0.5) is 4.39 Å². The van der Waals surface area contributed by atoms with Crippen LogP contribution in [0.25, 0.3) is 0 Å². The number of ether oxygens (including phenoxy) is 1. The minimum Gasteiger partial charge on any atom is -0.487 e. The molecule has 0 saturated carbocycles. The molecule has 0 spiro atoms. The van der Waals surface area contributed by atoms with Crippen molar-refractivity contribution in [3.63, 3.8) is 0 Å². The summed E-state index contributed by atoms with van der Waals surface area (Å²) in [6.07, 6.45) is 0. The highest BCUT2D eigenvalue weighted by Crippen LogP contribution is 2.23. The number of halogens is 2. The van der Waals surface area contributed by atoms with Gasteiger partial charge in [0.1, 0.15) is 24.2 Å². The first-order chi connectivity index (χ1) is 9.63. The Morgan fingerprint density at radius 1 is 1.10 bits per heavy atom. The van der Waals surface area contributed by atoms with E-state index in [0.717, 1.165) is 10.5 Å². The van der Waals surface area contributed by atoms with E-state index in [1.165, 1.54) is 12.1 Å². The number of nitriles is 2. The highest BCUT2D eigenvalue weighted by Gasteiger charge is 2.07. The molecule has 0 atom stereocenters. The summed E-state index contributed by atoms with van der Waals surface area (Å²) in [5.41, 5.74) is 0.955. The van der Waals surface area contributed by atoms with Gasteiger partial charge in [0, 0.05) is 10.0 Å². The monoisotopic (exact) mass is 330 g/mol. The first-order valence-corrected chi connectivity index (χ1v) is 6.44. The van der Waals surface area contributed by atoms with Crippen molar-refractivity contribution < 1.29 is 9.13 Å². The molecule has 0 heterocycles. The van der Waals surface area contributed by atoms with Gasteiger partial charge in [0.15, 0.2) is 0 Å². The average molecular weight is 331 g/mol. The number of hydrogen-bond donors (Lipinski definition) is 0. The summed E-state index contributed by atoms with van der Waals surface area (Å²) in [4.78, 5) is 0. The molecule has 0 unspecified atom stereocenters. The van der Waals surface area contributed by atoms with Crippen LogP contribution in [-0.2, 0) is 6.61 Å². The lowest BCUT2D eigenvalue weighted by Gasteiger charge is -2.09. The third kappa shape index (κ3) is 3.14. The fourth-order valence-electron chi connectivity index (χ4n) is 1.60. The van der Waals surface area contributed by atoms with Crippen molar-refractivity contribution in [3.8, 4) is 17.9 Å². The first kappa shape index (κ1) is 14.0. The van der Waals surface area contributed by atoms with Crippen LogP contribution < -0.4 is 4.74 Å². The minimum atomic E-state index is -0.500. The van der Waals surface area contributed by atoms with E-state index >= 15 is 0 Å². The smallest absolute Gasteiger partial charge is 0.137 e. The van der Waals surface area contributed by atoms with Crippen LogP contribution in [0.3, 0.4) is 0 Å². The lowest BCUT2D eigenvalue weighted by molar-refractivity contribution is 0.299. The lowest BCUT2D eigenvalue weighted by atomic mass is 10.1. The molecule has 2 rings (SSSR count). The second-order valence-electron chi connectivity index (χ2n) is 3.96. The van der Waals surface area contributed by atoms with E-state index in [-0.39, 0.29) is 12.2 Å². The molecule has 0 aliphatic rings. The predicted molar refractivity (Wildman–Crippen MR) is 74.3 cm³/mol. The molecule has 2 aromatic carbocycles. The van der Waals surface area contributed by atoms with Crippen molar-refractivity contribution in [2.45, 2.75) is 6.61 Å². The van der Waals surface area contributed by atoms with Gasteiger partial charge in [-0.25, -0.2) is 4.39 Å². The van der Waals surface area contributed by atoms with Gasteiger partial charge in [-0.15, -0.1) is 0 Å². The standard InChI is InChI=1S/C15H8BrFN2O/c16-13-3-4-15(12(6-13)8-19)20-9-11-2-1-10(7-18)5-14(11)17/h1-6H,9H2. The topological polar surface area (TPSA) is 56.8 Å². The number of rotatable bonds is 3. The van der Waals surface area contributed by atoms with Crippen LogP contribution in [-0.4, -0.2) is 0 Å². The molecule has 0 radical (unpaired) electrons. The van der Waals surface area contributed by atoms with E-state index in [4.69, 9.17) is 15.3 Å². The highest BCUT2D eigenvalue weighted by molar-refractivity contribution is 9.10. The maximum absolute atomic E-state index is 13.7. The first-order valence-electron chi connectivity index (χ1n) is 5.65.